The summed E-state index contributed by atoms with van der Waals surface area (Å²) < 4.78 is 2.36. The van der Waals surface area contributed by atoms with E-state index in [0.29, 0.717) is 0 Å². The maximum Gasteiger partial charge on any atom is 0.0496 e. The smallest absolute Gasteiger partial charge is 0.0496 e. The minimum absolute atomic E-state index is 1.04. The largest absolute Gasteiger partial charge is 0.310 e. The fourth-order valence-corrected chi connectivity index (χ4v) is 2.84. The molecule has 1 aromatic carbocycles. The molecule has 2 aromatic rings. The van der Waals surface area contributed by atoms with E-state index >= 15 is 0 Å². The lowest BCUT2D eigenvalue weighted by Crippen LogP contribution is -2.29. The van der Waals surface area contributed by atoms with E-state index in [0.717, 1.165) is 6.42 Å². The first kappa shape index (κ1) is 14.4. The van der Waals surface area contributed by atoms with Gasteiger partial charge in [-0.15, -0.1) is 0 Å². The standard InChI is InChI=1S/C19H23N/c1-5-12-19-17(7-3)16(6-2)18(8-4)20(19)15-13-10-9-11-14-15/h5-6,8-14H,7H2,1-4H3/b12-5-,16-6-,18-8+. The highest BCUT2D eigenvalue weighted by Gasteiger charge is 2.11. The van der Waals surface area contributed by atoms with Gasteiger partial charge in [-0.25, -0.2) is 0 Å². The molecular weight excluding hydrogens is 242 g/mol. The summed E-state index contributed by atoms with van der Waals surface area (Å²) in [5.74, 6) is 0. The Morgan fingerprint density at radius 1 is 1.00 bits per heavy atom. The van der Waals surface area contributed by atoms with Crippen LogP contribution in [0.5, 0.6) is 0 Å². The number of hydrogen-bond donors (Lipinski definition) is 0. The Balaban J connectivity index is 2.96. The Morgan fingerprint density at radius 2 is 1.70 bits per heavy atom. The molecule has 0 atom stereocenters. The number of benzene rings is 1. The van der Waals surface area contributed by atoms with Gasteiger partial charge in [0.2, 0.25) is 0 Å². The van der Waals surface area contributed by atoms with Gasteiger partial charge in [0, 0.05) is 16.7 Å². The number of para-hydroxylation sites is 1. The summed E-state index contributed by atoms with van der Waals surface area (Å²) in [4.78, 5) is 0. The molecule has 0 radical (unpaired) electrons. The zero-order valence-corrected chi connectivity index (χ0v) is 12.9. The zero-order valence-electron chi connectivity index (χ0n) is 12.9. The molecule has 0 aliphatic carbocycles. The number of nitrogens with zero attached hydrogens (tertiary/aromatic N) is 1. The van der Waals surface area contributed by atoms with Crippen molar-refractivity contribution >= 4 is 18.2 Å². The van der Waals surface area contributed by atoms with E-state index in [1.54, 1.807) is 0 Å². The predicted octanol–water partition coefficient (Wildman–Crippen LogP) is 3.67. The minimum atomic E-state index is 1.04. The van der Waals surface area contributed by atoms with Crippen LogP contribution in [0, 0.1) is 0 Å². The Morgan fingerprint density at radius 3 is 2.20 bits per heavy atom. The van der Waals surface area contributed by atoms with Gasteiger partial charge in [-0.05, 0) is 56.2 Å². The van der Waals surface area contributed by atoms with Crippen molar-refractivity contribution in [1.29, 1.82) is 0 Å². The first-order chi connectivity index (χ1) is 9.78. The van der Waals surface area contributed by atoms with Crippen molar-refractivity contribution in [1.82, 2.24) is 4.57 Å². The van der Waals surface area contributed by atoms with Crippen LogP contribution in [0.25, 0.3) is 23.9 Å². The average molecular weight is 265 g/mol. The fraction of sp³-hybridized carbons (Fsp3) is 0.263. The summed E-state index contributed by atoms with van der Waals surface area (Å²) in [6, 6.07) is 10.6. The van der Waals surface area contributed by atoms with Crippen LogP contribution in [0.2, 0.25) is 0 Å². The van der Waals surface area contributed by atoms with Gasteiger partial charge >= 0.3 is 0 Å². The van der Waals surface area contributed by atoms with Crippen LogP contribution >= 0.6 is 0 Å². The highest BCUT2D eigenvalue weighted by Crippen LogP contribution is 2.14. The van der Waals surface area contributed by atoms with Gasteiger partial charge in [-0.1, -0.05) is 43.4 Å². The van der Waals surface area contributed by atoms with Gasteiger partial charge in [-0.2, -0.15) is 0 Å². The predicted molar refractivity (Wildman–Crippen MR) is 89.4 cm³/mol. The number of allylic oxidation sites excluding steroid dienone is 1. The summed E-state index contributed by atoms with van der Waals surface area (Å²) in [7, 11) is 0. The van der Waals surface area contributed by atoms with Gasteiger partial charge in [0.15, 0.2) is 0 Å². The maximum atomic E-state index is 2.36. The van der Waals surface area contributed by atoms with E-state index in [9.17, 15) is 0 Å². The van der Waals surface area contributed by atoms with Crippen LogP contribution < -0.4 is 10.6 Å². The lowest BCUT2D eigenvalue weighted by atomic mass is 10.1. The second-order valence-electron chi connectivity index (χ2n) is 4.76. The Labute approximate surface area is 121 Å². The van der Waals surface area contributed by atoms with Crippen LogP contribution in [0.4, 0.5) is 0 Å². The lowest BCUT2D eigenvalue weighted by Gasteiger charge is -2.08. The van der Waals surface area contributed by atoms with Crippen molar-refractivity contribution in [2.75, 3.05) is 0 Å². The third-order valence-electron chi connectivity index (χ3n) is 3.65. The molecular formula is C19H23N. The molecule has 0 aliphatic heterocycles. The number of hydrogen-bond acceptors (Lipinski definition) is 0. The maximum absolute atomic E-state index is 2.36. The highest BCUT2D eigenvalue weighted by molar-refractivity contribution is 5.57. The van der Waals surface area contributed by atoms with Crippen LogP contribution in [0.15, 0.2) is 36.4 Å². The van der Waals surface area contributed by atoms with Crippen molar-refractivity contribution in [3.63, 3.8) is 0 Å². The Kier molecular flexibility index (Phi) is 4.62. The molecule has 1 heterocycles. The van der Waals surface area contributed by atoms with Crippen LogP contribution in [0.1, 0.15) is 39.0 Å². The van der Waals surface area contributed by atoms with E-state index in [1.165, 1.54) is 27.5 Å². The van der Waals surface area contributed by atoms with E-state index in [4.69, 9.17) is 0 Å². The molecule has 0 saturated heterocycles. The molecule has 20 heavy (non-hydrogen) atoms. The van der Waals surface area contributed by atoms with Gasteiger partial charge in [0.1, 0.15) is 0 Å². The Bertz CT molecular complexity index is 715. The molecule has 0 aliphatic rings. The number of rotatable bonds is 3. The van der Waals surface area contributed by atoms with Gasteiger partial charge in [-0.3, -0.25) is 0 Å². The zero-order chi connectivity index (χ0) is 14.5. The van der Waals surface area contributed by atoms with Crippen LogP contribution in [0.3, 0.4) is 0 Å². The molecule has 1 aromatic heterocycles. The first-order valence-corrected chi connectivity index (χ1v) is 7.32. The van der Waals surface area contributed by atoms with Crippen molar-refractivity contribution in [2.24, 2.45) is 0 Å². The van der Waals surface area contributed by atoms with Crippen LogP contribution in [-0.4, -0.2) is 4.57 Å². The van der Waals surface area contributed by atoms with Crippen molar-refractivity contribution in [3.05, 3.63) is 58.2 Å². The van der Waals surface area contributed by atoms with Gasteiger partial charge < -0.3 is 4.57 Å². The number of aromatic nitrogens is 1. The summed E-state index contributed by atoms with van der Waals surface area (Å²) >= 11 is 0. The van der Waals surface area contributed by atoms with E-state index in [-0.39, 0.29) is 0 Å². The van der Waals surface area contributed by atoms with Gasteiger partial charge in [0.25, 0.3) is 0 Å². The molecule has 0 spiro atoms. The SMILES string of the molecule is C/C=C\c1c(CC)c(=C/C)/c(=C\C)n1-c1ccccc1. The average Bonchev–Trinajstić information content (AvgIpc) is 2.81. The van der Waals surface area contributed by atoms with E-state index in [2.05, 4.69) is 86.9 Å². The second-order valence-corrected chi connectivity index (χ2v) is 4.76. The van der Waals surface area contributed by atoms with Crippen molar-refractivity contribution in [3.8, 4) is 5.69 Å². The molecule has 1 heteroatoms. The summed E-state index contributed by atoms with van der Waals surface area (Å²) in [5.41, 5.74) is 3.93. The lowest BCUT2D eigenvalue weighted by molar-refractivity contribution is 1.00. The molecule has 0 saturated carbocycles. The molecule has 104 valence electrons. The normalized spacial score (nSPS) is 13.6. The summed E-state index contributed by atoms with van der Waals surface area (Å²) in [6.45, 7) is 8.54. The third kappa shape index (κ3) is 2.36. The monoisotopic (exact) mass is 265 g/mol. The quantitative estimate of drug-likeness (QED) is 0.798. The topological polar surface area (TPSA) is 4.93 Å². The molecule has 0 bridgehead atoms. The van der Waals surface area contributed by atoms with Crippen molar-refractivity contribution in [2.45, 2.75) is 34.1 Å². The second kappa shape index (κ2) is 6.42. The highest BCUT2D eigenvalue weighted by atomic mass is 15.0. The molecule has 0 amide bonds. The molecule has 0 unspecified atom stereocenters. The van der Waals surface area contributed by atoms with E-state index < -0.39 is 0 Å². The molecule has 0 fully saturated rings. The van der Waals surface area contributed by atoms with Crippen molar-refractivity contribution < 1.29 is 0 Å². The summed E-state index contributed by atoms with van der Waals surface area (Å²) in [5, 5.41) is 2.63. The Hall–Kier alpha value is -2.02. The fourth-order valence-electron chi connectivity index (χ4n) is 2.84. The molecule has 2 rings (SSSR count). The third-order valence-corrected chi connectivity index (χ3v) is 3.65. The van der Waals surface area contributed by atoms with Gasteiger partial charge in [0.05, 0.1) is 0 Å². The van der Waals surface area contributed by atoms with E-state index in [1.807, 2.05) is 0 Å². The summed E-state index contributed by atoms with van der Waals surface area (Å²) in [6.07, 6.45) is 9.80. The molecule has 0 N–H and O–H groups in total. The molecule has 1 nitrogen and oxygen atoms in total. The minimum Gasteiger partial charge on any atom is -0.310 e. The first-order valence-electron chi connectivity index (χ1n) is 7.32. The van der Waals surface area contributed by atoms with Crippen LogP contribution in [-0.2, 0) is 6.42 Å².